The van der Waals surface area contributed by atoms with Crippen LogP contribution in [0.5, 0.6) is 5.75 Å². The Kier molecular flexibility index (Phi) is 4.83. The fourth-order valence-electron chi connectivity index (χ4n) is 2.31. The summed E-state index contributed by atoms with van der Waals surface area (Å²) >= 11 is 0. The minimum atomic E-state index is 0.204. The van der Waals surface area contributed by atoms with Crippen molar-refractivity contribution in [3.63, 3.8) is 0 Å². The van der Waals surface area contributed by atoms with Gasteiger partial charge in [0, 0.05) is 19.1 Å². The Morgan fingerprint density at radius 1 is 1.26 bits per heavy atom. The molecule has 1 aromatic carbocycles. The van der Waals surface area contributed by atoms with Gasteiger partial charge in [-0.15, -0.1) is 0 Å². The standard InChI is InChI=1S/C16H26N2O/c1-16(2,3)13-4-6-15(7-5-13)19-11-10-18-14-8-9-17-12-14/h4-7,14,17-18H,8-12H2,1-3H3. The van der Waals surface area contributed by atoms with Gasteiger partial charge in [0.15, 0.2) is 0 Å². The first-order valence-electron chi connectivity index (χ1n) is 7.23. The molecule has 1 aliphatic rings. The zero-order chi connectivity index (χ0) is 13.7. The predicted molar refractivity (Wildman–Crippen MR) is 79.9 cm³/mol. The van der Waals surface area contributed by atoms with E-state index >= 15 is 0 Å². The van der Waals surface area contributed by atoms with Gasteiger partial charge in [0.2, 0.25) is 0 Å². The van der Waals surface area contributed by atoms with Crippen molar-refractivity contribution in [2.45, 2.75) is 38.6 Å². The lowest BCUT2D eigenvalue weighted by Gasteiger charge is -2.19. The zero-order valence-electron chi connectivity index (χ0n) is 12.3. The average molecular weight is 262 g/mol. The van der Waals surface area contributed by atoms with Crippen LogP contribution in [0.2, 0.25) is 0 Å². The molecule has 106 valence electrons. The highest BCUT2D eigenvalue weighted by Gasteiger charge is 2.14. The van der Waals surface area contributed by atoms with Gasteiger partial charge in [-0.25, -0.2) is 0 Å². The molecule has 1 atom stereocenters. The van der Waals surface area contributed by atoms with Gasteiger partial charge >= 0.3 is 0 Å². The molecule has 0 bridgehead atoms. The minimum Gasteiger partial charge on any atom is -0.492 e. The van der Waals surface area contributed by atoms with Crippen LogP contribution in [-0.2, 0) is 5.41 Å². The quantitative estimate of drug-likeness (QED) is 0.799. The van der Waals surface area contributed by atoms with Crippen LogP contribution in [0.4, 0.5) is 0 Å². The summed E-state index contributed by atoms with van der Waals surface area (Å²) in [4.78, 5) is 0. The number of hydrogen-bond donors (Lipinski definition) is 2. The van der Waals surface area contributed by atoms with Gasteiger partial charge in [0.1, 0.15) is 12.4 Å². The third kappa shape index (κ3) is 4.51. The summed E-state index contributed by atoms with van der Waals surface area (Å²) in [5.74, 6) is 0.958. The van der Waals surface area contributed by atoms with Crippen LogP contribution in [0.25, 0.3) is 0 Å². The molecule has 2 N–H and O–H groups in total. The maximum Gasteiger partial charge on any atom is 0.119 e. The molecule has 0 radical (unpaired) electrons. The molecule has 0 aliphatic carbocycles. The highest BCUT2D eigenvalue weighted by atomic mass is 16.5. The second kappa shape index (κ2) is 6.40. The van der Waals surface area contributed by atoms with E-state index in [9.17, 15) is 0 Å². The molecule has 1 saturated heterocycles. The van der Waals surface area contributed by atoms with E-state index in [4.69, 9.17) is 4.74 Å². The monoisotopic (exact) mass is 262 g/mol. The van der Waals surface area contributed by atoms with Crippen LogP contribution in [0, 0.1) is 0 Å². The molecule has 19 heavy (non-hydrogen) atoms. The van der Waals surface area contributed by atoms with Crippen molar-refractivity contribution in [3.8, 4) is 5.75 Å². The van der Waals surface area contributed by atoms with Gasteiger partial charge in [0.25, 0.3) is 0 Å². The Balaban J connectivity index is 1.71. The van der Waals surface area contributed by atoms with Crippen molar-refractivity contribution in [2.75, 3.05) is 26.2 Å². The van der Waals surface area contributed by atoms with Crippen molar-refractivity contribution >= 4 is 0 Å². The second-order valence-electron chi connectivity index (χ2n) is 6.27. The van der Waals surface area contributed by atoms with E-state index in [0.717, 1.165) is 32.0 Å². The highest BCUT2D eigenvalue weighted by molar-refractivity contribution is 5.31. The normalized spacial score (nSPS) is 19.6. The van der Waals surface area contributed by atoms with E-state index < -0.39 is 0 Å². The summed E-state index contributed by atoms with van der Waals surface area (Å²) in [6, 6.07) is 9.06. The van der Waals surface area contributed by atoms with Crippen molar-refractivity contribution < 1.29 is 4.74 Å². The Hall–Kier alpha value is -1.06. The predicted octanol–water partition coefficient (Wildman–Crippen LogP) is 2.31. The Morgan fingerprint density at radius 3 is 2.58 bits per heavy atom. The van der Waals surface area contributed by atoms with Crippen molar-refractivity contribution in [3.05, 3.63) is 29.8 Å². The SMILES string of the molecule is CC(C)(C)c1ccc(OCCNC2CCNC2)cc1. The van der Waals surface area contributed by atoms with Crippen LogP contribution in [-0.4, -0.2) is 32.3 Å². The first-order chi connectivity index (χ1) is 9.05. The molecule has 0 saturated carbocycles. The molecular formula is C16H26N2O. The Bertz CT molecular complexity index is 375. The molecular weight excluding hydrogens is 236 g/mol. The van der Waals surface area contributed by atoms with Gasteiger partial charge in [-0.05, 0) is 36.1 Å². The summed E-state index contributed by atoms with van der Waals surface area (Å²) in [6.07, 6.45) is 1.22. The van der Waals surface area contributed by atoms with Crippen molar-refractivity contribution in [1.82, 2.24) is 10.6 Å². The number of hydrogen-bond acceptors (Lipinski definition) is 3. The number of benzene rings is 1. The molecule has 1 fully saturated rings. The average Bonchev–Trinajstić information content (AvgIpc) is 2.87. The van der Waals surface area contributed by atoms with Gasteiger partial charge in [0.05, 0.1) is 0 Å². The van der Waals surface area contributed by atoms with Gasteiger partial charge in [-0.1, -0.05) is 32.9 Å². The summed E-state index contributed by atoms with van der Waals surface area (Å²) in [7, 11) is 0. The summed E-state index contributed by atoms with van der Waals surface area (Å²) in [6.45, 7) is 10.5. The van der Waals surface area contributed by atoms with Gasteiger partial charge in [-0.2, -0.15) is 0 Å². The van der Waals surface area contributed by atoms with E-state index in [-0.39, 0.29) is 5.41 Å². The van der Waals surface area contributed by atoms with Crippen LogP contribution < -0.4 is 15.4 Å². The van der Waals surface area contributed by atoms with Gasteiger partial charge in [-0.3, -0.25) is 0 Å². The maximum absolute atomic E-state index is 5.75. The van der Waals surface area contributed by atoms with Crippen molar-refractivity contribution in [2.24, 2.45) is 0 Å². The van der Waals surface area contributed by atoms with Gasteiger partial charge < -0.3 is 15.4 Å². The molecule has 1 unspecified atom stereocenters. The summed E-state index contributed by atoms with van der Waals surface area (Å²) in [5, 5.41) is 6.85. The largest absolute Gasteiger partial charge is 0.492 e. The summed E-state index contributed by atoms with van der Waals surface area (Å²) < 4.78 is 5.75. The van der Waals surface area contributed by atoms with E-state index in [1.807, 2.05) is 0 Å². The van der Waals surface area contributed by atoms with Crippen LogP contribution in [0.1, 0.15) is 32.8 Å². The molecule has 2 rings (SSSR count). The summed E-state index contributed by atoms with van der Waals surface area (Å²) in [5.41, 5.74) is 1.55. The minimum absolute atomic E-state index is 0.204. The molecule has 0 aromatic heterocycles. The molecule has 0 amide bonds. The second-order valence-corrected chi connectivity index (χ2v) is 6.27. The smallest absolute Gasteiger partial charge is 0.119 e. The van der Waals surface area contributed by atoms with E-state index in [1.54, 1.807) is 0 Å². The molecule has 1 aromatic rings. The molecule has 1 heterocycles. The first kappa shape index (κ1) is 14.4. The van der Waals surface area contributed by atoms with Crippen molar-refractivity contribution in [1.29, 1.82) is 0 Å². The topological polar surface area (TPSA) is 33.3 Å². The molecule has 1 aliphatic heterocycles. The Morgan fingerprint density at radius 2 is 2.00 bits per heavy atom. The molecule has 3 heteroatoms. The van der Waals surface area contributed by atoms with Crippen LogP contribution in [0.3, 0.4) is 0 Å². The number of rotatable bonds is 5. The first-order valence-corrected chi connectivity index (χ1v) is 7.23. The van der Waals surface area contributed by atoms with E-state index in [1.165, 1.54) is 12.0 Å². The van der Waals surface area contributed by atoms with Crippen LogP contribution in [0.15, 0.2) is 24.3 Å². The lowest BCUT2D eigenvalue weighted by atomic mass is 9.87. The van der Waals surface area contributed by atoms with Crippen LogP contribution >= 0.6 is 0 Å². The number of nitrogens with one attached hydrogen (secondary N) is 2. The zero-order valence-corrected chi connectivity index (χ0v) is 12.3. The third-order valence-corrected chi connectivity index (χ3v) is 3.58. The third-order valence-electron chi connectivity index (χ3n) is 3.58. The van der Waals surface area contributed by atoms with E-state index in [2.05, 4.69) is 55.7 Å². The lowest BCUT2D eigenvalue weighted by molar-refractivity contribution is 0.306. The number of ether oxygens (including phenoxy) is 1. The fourth-order valence-corrected chi connectivity index (χ4v) is 2.31. The lowest BCUT2D eigenvalue weighted by Crippen LogP contribution is -2.34. The molecule has 0 spiro atoms. The highest BCUT2D eigenvalue weighted by Crippen LogP contribution is 2.24. The Labute approximate surface area is 116 Å². The molecule has 3 nitrogen and oxygen atoms in total. The maximum atomic E-state index is 5.75. The van der Waals surface area contributed by atoms with E-state index in [0.29, 0.717) is 6.04 Å². The fraction of sp³-hybridized carbons (Fsp3) is 0.625.